The minimum absolute atomic E-state index is 0.250. The highest BCUT2D eigenvalue weighted by molar-refractivity contribution is 6.32. The van der Waals surface area contributed by atoms with Crippen LogP contribution >= 0.6 is 11.6 Å². The molecule has 2 rings (SSSR count). The van der Waals surface area contributed by atoms with Crippen LogP contribution in [0.4, 0.5) is 0 Å². The van der Waals surface area contributed by atoms with Crippen molar-refractivity contribution >= 4 is 29.3 Å². The Morgan fingerprint density at radius 2 is 1.82 bits per heavy atom. The van der Waals surface area contributed by atoms with Crippen LogP contribution in [0.15, 0.2) is 61.1 Å². The van der Waals surface area contributed by atoms with Gasteiger partial charge >= 0.3 is 0 Å². The number of rotatable bonds is 16. The molecule has 1 unspecified atom stereocenters. The third-order valence-electron chi connectivity index (χ3n) is 7.13. The van der Waals surface area contributed by atoms with Crippen molar-refractivity contribution in [3.05, 3.63) is 93.9 Å². The van der Waals surface area contributed by atoms with Gasteiger partial charge in [-0.25, -0.2) is 0 Å². The Labute approximate surface area is 234 Å². The molecule has 0 aromatic heterocycles. The highest BCUT2D eigenvalue weighted by Crippen LogP contribution is 2.29. The predicted molar refractivity (Wildman–Crippen MR) is 164 cm³/mol. The maximum absolute atomic E-state index is 10.8. The number of nitrogens with zero attached hydrogens (tertiary/aromatic N) is 1. The lowest BCUT2D eigenvalue weighted by Gasteiger charge is -2.24. The van der Waals surface area contributed by atoms with Crippen molar-refractivity contribution in [2.75, 3.05) is 13.6 Å². The molecule has 1 atom stereocenters. The molecule has 4 N–H and O–H groups in total. The highest BCUT2D eigenvalue weighted by atomic mass is 35.5. The van der Waals surface area contributed by atoms with E-state index < -0.39 is 0 Å². The normalized spacial score (nSPS) is 12.4. The van der Waals surface area contributed by atoms with Crippen LogP contribution in [0.2, 0.25) is 5.02 Å². The van der Waals surface area contributed by atoms with Crippen LogP contribution in [-0.2, 0) is 17.6 Å². The first-order valence-corrected chi connectivity index (χ1v) is 13.8. The van der Waals surface area contributed by atoms with Gasteiger partial charge in [0, 0.05) is 30.0 Å². The molecule has 0 fully saturated rings. The third kappa shape index (κ3) is 8.78. The van der Waals surface area contributed by atoms with Gasteiger partial charge in [-0.05, 0) is 93.3 Å². The molecule has 0 saturated carbocycles. The van der Waals surface area contributed by atoms with E-state index in [9.17, 15) is 4.79 Å². The Balaban J connectivity index is 2.14. The number of aryl methyl sites for hydroxylation is 2. The summed E-state index contributed by atoms with van der Waals surface area (Å²) in [6.45, 7) is 17.4. The number of nitrogens with one attached hydrogen (secondary N) is 2. The van der Waals surface area contributed by atoms with E-state index in [1.54, 1.807) is 0 Å². The van der Waals surface area contributed by atoms with E-state index in [2.05, 4.69) is 81.0 Å². The van der Waals surface area contributed by atoms with Gasteiger partial charge in [-0.15, -0.1) is 0 Å². The van der Waals surface area contributed by atoms with Crippen molar-refractivity contribution in [3.63, 3.8) is 0 Å². The number of allylic oxidation sites excluding steroid dienone is 2. The molecular formula is C32H45ClN4O. The van der Waals surface area contributed by atoms with Gasteiger partial charge in [0.2, 0.25) is 6.41 Å². The molecule has 0 spiro atoms. The molecule has 0 aliphatic heterocycles. The number of amides is 1. The number of benzene rings is 2. The summed E-state index contributed by atoms with van der Waals surface area (Å²) < 4.78 is 0. The van der Waals surface area contributed by atoms with Crippen LogP contribution in [0.25, 0.3) is 11.3 Å². The van der Waals surface area contributed by atoms with Crippen molar-refractivity contribution in [1.82, 2.24) is 15.5 Å². The van der Waals surface area contributed by atoms with Gasteiger partial charge in [0.05, 0.1) is 5.02 Å². The monoisotopic (exact) mass is 536 g/mol. The van der Waals surface area contributed by atoms with Crippen molar-refractivity contribution in [2.45, 2.75) is 72.3 Å². The largest absolute Gasteiger partial charge is 0.382 e. The zero-order chi connectivity index (χ0) is 28.2. The second-order valence-electron chi connectivity index (χ2n) is 10.0. The van der Waals surface area contributed by atoms with Crippen LogP contribution in [0.1, 0.15) is 74.3 Å². The van der Waals surface area contributed by atoms with Gasteiger partial charge < -0.3 is 21.3 Å². The molecule has 0 aliphatic carbocycles. The van der Waals surface area contributed by atoms with E-state index >= 15 is 0 Å². The lowest BCUT2D eigenvalue weighted by atomic mass is 9.96. The van der Waals surface area contributed by atoms with Gasteiger partial charge in [0.15, 0.2) is 0 Å². The number of carbonyl (C=O) groups excluding carboxylic acids is 1. The summed E-state index contributed by atoms with van der Waals surface area (Å²) in [5, 5.41) is 7.04. The van der Waals surface area contributed by atoms with E-state index in [1.165, 1.54) is 11.1 Å². The summed E-state index contributed by atoms with van der Waals surface area (Å²) in [6, 6.07) is 13.2. The molecule has 38 heavy (non-hydrogen) atoms. The maximum atomic E-state index is 10.8. The number of unbranched alkanes of at least 4 members (excludes halogenated alkanes) is 1. The maximum Gasteiger partial charge on any atom is 0.212 e. The van der Waals surface area contributed by atoms with E-state index in [0.29, 0.717) is 12.2 Å². The number of hydrogen-bond donors (Lipinski definition) is 3. The molecule has 1 amide bonds. The fraction of sp³-hybridized carbons (Fsp3) is 0.406. The topological polar surface area (TPSA) is 70.4 Å². The Morgan fingerprint density at radius 1 is 1.13 bits per heavy atom. The minimum atomic E-state index is 0.250. The van der Waals surface area contributed by atoms with Crippen molar-refractivity contribution in [2.24, 2.45) is 5.73 Å². The summed E-state index contributed by atoms with van der Waals surface area (Å²) >= 11 is 6.74. The summed E-state index contributed by atoms with van der Waals surface area (Å²) in [4.78, 5) is 12.6. The molecule has 206 valence electrons. The Kier molecular flexibility index (Phi) is 12.6. The number of nitrogens with two attached hydrogens (primary N) is 1. The molecule has 6 heteroatoms. The second-order valence-corrected chi connectivity index (χ2v) is 10.4. The first-order valence-electron chi connectivity index (χ1n) is 13.5. The smallest absolute Gasteiger partial charge is 0.212 e. The summed E-state index contributed by atoms with van der Waals surface area (Å²) in [7, 11) is 1.89. The molecule has 2 aromatic carbocycles. The average molecular weight is 537 g/mol. The van der Waals surface area contributed by atoms with Crippen LogP contribution in [0.3, 0.4) is 0 Å². The van der Waals surface area contributed by atoms with E-state index in [-0.39, 0.29) is 6.04 Å². The molecule has 0 saturated heterocycles. The van der Waals surface area contributed by atoms with E-state index in [1.807, 2.05) is 18.9 Å². The number of hydrogen-bond acceptors (Lipinski definition) is 4. The fourth-order valence-corrected chi connectivity index (χ4v) is 5.11. The third-order valence-corrected chi connectivity index (χ3v) is 7.43. The van der Waals surface area contributed by atoms with Gasteiger partial charge in [-0.2, -0.15) is 0 Å². The first-order chi connectivity index (χ1) is 18.1. The Hall–Kier alpha value is -3.02. The van der Waals surface area contributed by atoms with E-state index in [0.717, 1.165) is 83.7 Å². The lowest BCUT2D eigenvalue weighted by molar-refractivity contribution is -0.109. The first kappa shape index (κ1) is 31.2. The molecule has 0 aliphatic rings. The van der Waals surface area contributed by atoms with Gasteiger partial charge in [-0.1, -0.05) is 68.4 Å². The molecule has 2 aromatic rings. The van der Waals surface area contributed by atoms with E-state index in [4.69, 9.17) is 17.3 Å². The second kappa shape index (κ2) is 15.4. The average Bonchev–Trinajstić information content (AvgIpc) is 2.88. The van der Waals surface area contributed by atoms with Crippen LogP contribution in [-0.4, -0.2) is 30.9 Å². The molecule has 0 radical (unpaired) electrons. The number of halogens is 1. The highest BCUT2D eigenvalue weighted by Gasteiger charge is 2.16. The fourth-order valence-electron chi connectivity index (χ4n) is 4.71. The zero-order valence-electron chi connectivity index (χ0n) is 23.8. The molecule has 0 heterocycles. The van der Waals surface area contributed by atoms with Gasteiger partial charge in [-0.3, -0.25) is 4.79 Å². The molecule has 5 nitrogen and oxygen atoms in total. The van der Waals surface area contributed by atoms with Crippen LogP contribution in [0, 0.1) is 6.92 Å². The summed E-state index contributed by atoms with van der Waals surface area (Å²) in [5.41, 5.74) is 14.4. The van der Waals surface area contributed by atoms with Crippen molar-refractivity contribution in [3.8, 4) is 0 Å². The van der Waals surface area contributed by atoms with Gasteiger partial charge in [0.25, 0.3) is 0 Å². The van der Waals surface area contributed by atoms with Crippen LogP contribution in [0.5, 0.6) is 0 Å². The summed E-state index contributed by atoms with van der Waals surface area (Å²) in [5.74, 6) is 0.541. The van der Waals surface area contributed by atoms with Crippen LogP contribution < -0.4 is 16.4 Å². The van der Waals surface area contributed by atoms with Crippen molar-refractivity contribution < 1.29 is 4.79 Å². The summed E-state index contributed by atoms with van der Waals surface area (Å²) in [6.07, 6.45) is 6.71. The lowest BCUT2D eigenvalue weighted by Crippen LogP contribution is -2.30. The molecule has 0 bridgehead atoms. The SMILES string of the molecule is C=C(NC(CCC)Cc1ccc(/C(C)=C(\C)N(C)C(=C)NC=O)cc1)c1c(C)cc(CCCCN)cc1Cl. The standard InChI is InChI=1S/C32H45ClN4O/c1-8-11-30(36-24(4)32-22(2)18-28(20-31(32)33)12-9-10-17-34)19-27-13-15-29(16-14-27)23(3)25(5)37(7)26(6)35-21-38/h13-16,18,20-21,30,36H,4,6,8-12,17,19,34H2,1-3,5,7H3,(H,35,38)/b25-23+. The van der Waals surface area contributed by atoms with Crippen molar-refractivity contribution in [1.29, 1.82) is 0 Å². The Bertz CT molecular complexity index is 1110. The minimum Gasteiger partial charge on any atom is -0.382 e. The zero-order valence-corrected chi connectivity index (χ0v) is 24.5. The predicted octanol–water partition coefficient (Wildman–Crippen LogP) is 6.80. The van der Waals surface area contributed by atoms with Gasteiger partial charge in [0.1, 0.15) is 5.82 Å². The molecular weight excluding hydrogens is 492 g/mol. The quantitative estimate of drug-likeness (QED) is 0.163. The number of carbonyl (C=O) groups is 1. The Morgan fingerprint density at radius 3 is 2.39 bits per heavy atom.